The monoisotopic (exact) mass is 366 g/mol. The first-order valence-corrected chi connectivity index (χ1v) is 10.4. The predicted molar refractivity (Wildman–Crippen MR) is 86.6 cm³/mol. The Morgan fingerprint density at radius 3 is 2.55 bits per heavy atom. The van der Waals surface area contributed by atoms with Crippen LogP contribution in [0.5, 0.6) is 5.75 Å². The van der Waals surface area contributed by atoms with Gasteiger partial charge < -0.3 is 4.74 Å². The Kier molecular flexibility index (Phi) is 4.86. The maximum Gasteiger partial charge on any atom is 0.264 e. The molecule has 3 nitrogen and oxygen atoms in total. The van der Waals surface area contributed by atoms with Crippen LogP contribution in [-0.4, -0.2) is 15.5 Å². The Bertz CT molecular complexity index is 789. The zero-order valence-electron chi connectivity index (χ0n) is 10.7. The van der Waals surface area contributed by atoms with Crippen LogP contribution in [0.1, 0.15) is 16.0 Å². The third kappa shape index (κ3) is 3.40. The number of rotatable bonds is 4. The fraction of sp³-hybridized carbons (Fsp3) is 0.250. The van der Waals surface area contributed by atoms with Gasteiger partial charge in [-0.25, -0.2) is 8.42 Å². The lowest BCUT2D eigenvalue weighted by molar-refractivity contribution is 0.403. The molecular weight excluding hydrogens is 356 g/mol. The van der Waals surface area contributed by atoms with Crippen LogP contribution < -0.4 is 4.74 Å². The van der Waals surface area contributed by atoms with E-state index in [4.69, 9.17) is 27.6 Å². The summed E-state index contributed by atoms with van der Waals surface area (Å²) in [5.41, 5.74) is 1.91. The third-order valence-corrected chi connectivity index (χ3v) is 7.42. The number of aryl methyl sites for hydroxylation is 1. The molecule has 0 radical (unpaired) electrons. The van der Waals surface area contributed by atoms with Crippen molar-refractivity contribution in [2.75, 3.05) is 7.11 Å². The maximum atomic E-state index is 11.6. The molecule has 0 saturated carbocycles. The first-order chi connectivity index (χ1) is 9.32. The van der Waals surface area contributed by atoms with Gasteiger partial charge in [-0.05, 0) is 30.2 Å². The van der Waals surface area contributed by atoms with Crippen LogP contribution in [-0.2, 0) is 15.5 Å². The van der Waals surface area contributed by atoms with Gasteiger partial charge in [-0.3, -0.25) is 0 Å². The van der Waals surface area contributed by atoms with Gasteiger partial charge in [-0.15, -0.1) is 0 Å². The van der Waals surface area contributed by atoms with E-state index in [9.17, 15) is 8.42 Å². The fourth-order valence-electron chi connectivity index (χ4n) is 1.77. The summed E-state index contributed by atoms with van der Waals surface area (Å²) < 4.78 is 29.0. The molecule has 0 atom stereocenters. The summed E-state index contributed by atoms with van der Waals surface area (Å²) in [6.07, 6.45) is 0.591. The van der Waals surface area contributed by atoms with Gasteiger partial charge in [0.1, 0.15) is 14.5 Å². The quantitative estimate of drug-likeness (QED) is 0.457. The second-order valence-corrected chi connectivity index (χ2v) is 9.64. The highest BCUT2D eigenvalue weighted by Gasteiger charge is 2.18. The Labute approximate surface area is 134 Å². The Balaban J connectivity index is 2.47. The van der Waals surface area contributed by atoms with Crippen LogP contribution in [0.4, 0.5) is 0 Å². The van der Waals surface area contributed by atoms with Crippen molar-refractivity contribution in [2.45, 2.75) is 18.2 Å². The fourth-order valence-corrected chi connectivity index (χ4v) is 5.48. The molecule has 1 aromatic heterocycles. The highest BCUT2D eigenvalue weighted by Crippen LogP contribution is 2.31. The van der Waals surface area contributed by atoms with E-state index >= 15 is 0 Å². The minimum Gasteiger partial charge on any atom is -0.495 e. The van der Waals surface area contributed by atoms with Gasteiger partial charge in [-0.1, -0.05) is 39.0 Å². The molecule has 1 aromatic carbocycles. The summed E-state index contributed by atoms with van der Waals surface area (Å²) in [5, 5.41) is 0. The number of halogens is 1. The molecule has 20 heavy (non-hydrogen) atoms. The minimum absolute atomic E-state index is 0.0124. The summed E-state index contributed by atoms with van der Waals surface area (Å²) in [4.78, 5) is 1.15. The van der Waals surface area contributed by atoms with E-state index in [1.165, 1.54) is 13.2 Å². The SMILES string of the molecule is COc1ccc(Cc2c(C)ssc2=S)cc1S(=O)(=O)Cl. The van der Waals surface area contributed by atoms with Gasteiger partial charge in [0.05, 0.1) is 7.11 Å². The van der Waals surface area contributed by atoms with Crippen LogP contribution in [0, 0.1) is 10.7 Å². The summed E-state index contributed by atoms with van der Waals surface area (Å²) >= 11 is 5.29. The molecule has 2 rings (SSSR count). The van der Waals surface area contributed by atoms with E-state index in [1.54, 1.807) is 26.7 Å². The van der Waals surface area contributed by atoms with Crippen molar-refractivity contribution >= 4 is 52.6 Å². The number of benzene rings is 1. The van der Waals surface area contributed by atoms with Crippen molar-refractivity contribution in [1.29, 1.82) is 0 Å². The molecule has 2 aromatic rings. The maximum absolute atomic E-state index is 11.6. The molecule has 1 heterocycles. The van der Waals surface area contributed by atoms with Crippen molar-refractivity contribution in [2.24, 2.45) is 0 Å². The average molecular weight is 367 g/mol. The van der Waals surface area contributed by atoms with E-state index in [-0.39, 0.29) is 10.6 Å². The Hall–Kier alpha value is -0.470. The van der Waals surface area contributed by atoms with Gasteiger partial charge in [-0.2, -0.15) is 0 Å². The van der Waals surface area contributed by atoms with Gasteiger partial charge >= 0.3 is 0 Å². The number of hydrogen-bond acceptors (Lipinski definition) is 6. The first kappa shape index (κ1) is 15.9. The standard InChI is InChI=1S/C12H11ClO3S4/c1-7-9(12(17)19-18-7)5-8-3-4-10(16-2)11(6-8)20(13,14)15/h3-4,6H,5H2,1-2H3. The molecule has 0 aliphatic rings. The largest absolute Gasteiger partial charge is 0.495 e. The van der Waals surface area contributed by atoms with Crippen LogP contribution >= 0.6 is 43.6 Å². The highest BCUT2D eigenvalue weighted by molar-refractivity contribution is 8.13. The van der Waals surface area contributed by atoms with Crippen molar-refractivity contribution < 1.29 is 13.2 Å². The molecule has 0 amide bonds. The lowest BCUT2D eigenvalue weighted by Gasteiger charge is -2.08. The smallest absolute Gasteiger partial charge is 0.264 e. The van der Waals surface area contributed by atoms with Gasteiger partial charge in [0.25, 0.3) is 9.05 Å². The van der Waals surface area contributed by atoms with Gasteiger partial charge in [0.15, 0.2) is 0 Å². The molecular formula is C12H11ClO3S4. The molecule has 8 heteroatoms. The van der Waals surface area contributed by atoms with Crippen molar-refractivity contribution in [3.05, 3.63) is 38.0 Å². The Morgan fingerprint density at radius 1 is 1.35 bits per heavy atom. The molecule has 0 aliphatic carbocycles. The average Bonchev–Trinajstić information content (AvgIpc) is 2.69. The van der Waals surface area contributed by atoms with E-state index in [1.807, 2.05) is 13.0 Å². The summed E-state index contributed by atoms with van der Waals surface area (Å²) in [7, 11) is 6.19. The topological polar surface area (TPSA) is 43.4 Å². The van der Waals surface area contributed by atoms with Crippen LogP contribution in [0.2, 0.25) is 0 Å². The molecule has 0 unspecified atom stereocenters. The van der Waals surface area contributed by atoms with Crippen LogP contribution in [0.3, 0.4) is 0 Å². The van der Waals surface area contributed by atoms with Crippen LogP contribution in [0.15, 0.2) is 23.1 Å². The lowest BCUT2D eigenvalue weighted by atomic mass is 10.1. The molecule has 0 spiro atoms. The Morgan fingerprint density at radius 2 is 2.05 bits per heavy atom. The van der Waals surface area contributed by atoms with Crippen molar-refractivity contribution in [1.82, 2.24) is 0 Å². The lowest BCUT2D eigenvalue weighted by Crippen LogP contribution is -1.98. The molecule has 0 bridgehead atoms. The molecule has 0 fully saturated rings. The molecule has 0 saturated heterocycles. The van der Waals surface area contributed by atoms with Crippen LogP contribution in [0.25, 0.3) is 0 Å². The number of methoxy groups -OCH3 is 1. The zero-order valence-corrected chi connectivity index (χ0v) is 14.7. The zero-order chi connectivity index (χ0) is 14.9. The summed E-state index contributed by atoms with van der Waals surface area (Å²) in [5.74, 6) is 0.243. The molecule has 108 valence electrons. The van der Waals surface area contributed by atoms with E-state index in [0.29, 0.717) is 6.42 Å². The number of ether oxygens (including phenoxy) is 1. The second-order valence-electron chi connectivity index (χ2n) is 4.09. The minimum atomic E-state index is -3.84. The summed E-state index contributed by atoms with van der Waals surface area (Å²) in [6.45, 7) is 2.01. The first-order valence-electron chi connectivity index (χ1n) is 5.53. The van der Waals surface area contributed by atoms with E-state index < -0.39 is 9.05 Å². The highest BCUT2D eigenvalue weighted by atomic mass is 35.7. The third-order valence-electron chi connectivity index (χ3n) is 2.79. The molecule has 0 aliphatic heterocycles. The van der Waals surface area contributed by atoms with Crippen molar-refractivity contribution in [3.63, 3.8) is 0 Å². The van der Waals surface area contributed by atoms with Crippen molar-refractivity contribution in [3.8, 4) is 5.75 Å². The number of hydrogen-bond donors (Lipinski definition) is 0. The second kappa shape index (κ2) is 6.11. The normalized spacial score (nSPS) is 11.6. The van der Waals surface area contributed by atoms with E-state index in [2.05, 4.69) is 0 Å². The van der Waals surface area contributed by atoms with Gasteiger partial charge in [0, 0.05) is 22.0 Å². The van der Waals surface area contributed by atoms with E-state index in [0.717, 1.165) is 19.8 Å². The summed E-state index contributed by atoms with van der Waals surface area (Å²) in [6, 6.07) is 4.97. The predicted octanol–water partition coefficient (Wildman–Crippen LogP) is 4.37. The molecule has 0 N–H and O–H groups in total. The van der Waals surface area contributed by atoms with Gasteiger partial charge in [0.2, 0.25) is 0 Å².